The molecule has 2 fully saturated rings. The van der Waals surface area contributed by atoms with E-state index in [9.17, 15) is 5.21 Å². The lowest BCUT2D eigenvalue weighted by Gasteiger charge is -2.59. The number of hydrogen-bond donors (Lipinski definition) is 1. The molecule has 3 aliphatic rings. The third kappa shape index (κ3) is 2.97. The molecule has 1 N–H and O–H groups in total. The lowest BCUT2D eigenvalue weighted by molar-refractivity contribution is -0.0605. The predicted molar refractivity (Wildman–Crippen MR) is 123 cm³/mol. The molecular weight excluding hydrogens is 386 g/mol. The first kappa shape index (κ1) is 20.9. The maximum atomic E-state index is 11.4. The second kappa shape index (κ2) is 7.03. The highest BCUT2D eigenvalue weighted by atomic mass is 16.5. The standard InChI is InChI=1S/C25H37N5O/c1-17-7-6-8-19-24(17,4)10-9-18(2)25(19,5)12-11-23(3)13-14-29-16-28-21-20(29)22(30(23)31)27-15-26-21/h15-16,18-19,31H,1,6-14H2,2-5H3/t18-,19+,23+,24+,25+/m1/s1. The number of allylic oxidation sites excluding steroid dienone is 1. The average Bonchev–Trinajstić information content (AvgIpc) is 3.14. The molecule has 2 aromatic rings. The molecule has 1 aliphatic heterocycles. The zero-order valence-corrected chi connectivity index (χ0v) is 19.6. The van der Waals surface area contributed by atoms with Crippen molar-refractivity contribution in [2.24, 2.45) is 22.7 Å². The molecule has 0 saturated heterocycles. The number of hydroxylamine groups is 1. The van der Waals surface area contributed by atoms with Crippen molar-refractivity contribution in [3.8, 4) is 0 Å². The Morgan fingerprint density at radius 3 is 2.74 bits per heavy atom. The van der Waals surface area contributed by atoms with Crippen LogP contribution in [0.15, 0.2) is 24.8 Å². The second-order valence-corrected chi connectivity index (χ2v) is 11.3. The SMILES string of the molecule is C=C1CCC[C@@H]2[C@@](C)(CC[C@@]3(C)CCn4cnc5ncnc(c54)N3O)[C@H](C)CC[C@@]12C. The third-order valence-electron chi connectivity index (χ3n) is 9.76. The van der Waals surface area contributed by atoms with E-state index in [1.54, 1.807) is 0 Å². The van der Waals surface area contributed by atoms with Crippen LogP contribution in [0, 0.1) is 22.7 Å². The van der Waals surface area contributed by atoms with E-state index >= 15 is 0 Å². The van der Waals surface area contributed by atoms with Crippen molar-refractivity contribution in [1.82, 2.24) is 19.5 Å². The molecule has 6 nitrogen and oxygen atoms in total. The zero-order chi connectivity index (χ0) is 22.0. The van der Waals surface area contributed by atoms with E-state index in [1.807, 2.05) is 6.33 Å². The number of nitrogens with zero attached hydrogens (tertiary/aromatic N) is 5. The van der Waals surface area contributed by atoms with E-state index in [0.29, 0.717) is 23.3 Å². The summed E-state index contributed by atoms with van der Waals surface area (Å²) < 4.78 is 2.09. The van der Waals surface area contributed by atoms with E-state index in [4.69, 9.17) is 0 Å². The van der Waals surface area contributed by atoms with Crippen LogP contribution >= 0.6 is 0 Å². The van der Waals surface area contributed by atoms with Crippen LogP contribution in [-0.4, -0.2) is 30.3 Å². The molecule has 6 heteroatoms. The third-order valence-corrected chi connectivity index (χ3v) is 9.76. The summed E-state index contributed by atoms with van der Waals surface area (Å²) in [5.41, 5.74) is 3.11. The van der Waals surface area contributed by atoms with Crippen molar-refractivity contribution >= 4 is 17.0 Å². The second-order valence-electron chi connectivity index (χ2n) is 11.3. The maximum absolute atomic E-state index is 11.4. The van der Waals surface area contributed by atoms with Gasteiger partial charge in [0.05, 0.1) is 11.9 Å². The van der Waals surface area contributed by atoms with Crippen LogP contribution in [0.2, 0.25) is 0 Å². The van der Waals surface area contributed by atoms with Crippen molar-refractivity contribution in [3.05, 3.63) is 24.8 Å². The molecule has 0 bridgehead atoms. The van der Waals surface area contributed by atoms with Crippen LogP contribution in [0.1, 0.15) is 79.1 Å². The minimum Gasteiger partial charge on any atom is -0.326 e. The number of fused-ring (bicyclic) bond motifs is 1. The van der Waals surface area contributed by atoms with Crippen LogP contribution in [0.25, 0.3) is 11.2 Å². The first-order chi connectivity index (χ1) is 14.7. The molecule has 0 radical (unpaired) electrons. The monoisotopic (exact) mass is 423 g/mol. The Balaban J connectivity index is 1.44. The number of hydrogen-bond acceptors (Lipinski definition) is 5. The molecule has 168 valence electrons. The Hall–Kier alpha value is -1.95. The first-order valence-electron chi connectivity index (χ1n) is 12.0. The number of anilines is 1. The highest BCUT2D eigenvalue weighted by molar-refractivity contribution is 5.83. The van der Waals surface area contributed by atoms with Gasteiger partial charge in [-0.15, -0.1) is 0 Å². The minimum absolute atomic E-state index is 0.254. The van der Waals surface area contributed by atoms with Gasteiger partial charge >= 0.3 is 0 Å². The van der Waals surface area contributed by atoms with Gasteiger partial charge in [-0.25, -0.2) is 20.0 Å². The lowest BCUT2D eigenvalue weighted by atomic mass is 9.46. The Morgan fingerprint density at radius 2 is 1.94 bits per heavy atom. The first-order valence-corrected chi connectivity index (χ1v) is 12.0. The van der Waals surface area contributed by atoms with Crippen molar-refractivity contribution < 1.29 is 5.21 Å². The number of aromatic nitrogens is 4. The fourth-order valence-corrected chi connectivity index (χ4v) is 7.10. The molecule has 0 spiro atoms. The van der Waals surface area contributed by atoms with Crippen LogP contribution in [0.3, 0.4) is 0 Å². The van der Waals surface area contributed by atoms with Gasteiger partial charge in [-0.2, -0.15) is 0 Å². The normalized spacial score (nSPS) is 38.2. The van der Waals surface area contributed by atoms with E-state index in [0.717, 1.165) is 31.3 Å². The van der Waals surface area contributed by atoms with Crippen molar-refractivity contribution in [2.75, 3.05) is 5.06 Å². The molecule has 0 unspecified atom stereocenters. The maximum Gasteiger partial charge on any atom is 0.183 e. The van der Waals surface area contributed by atoms with E-state index < -0.39 is 0 Å². The number of rotatable bonds is 3. The Labute approximate surface area is 185 Å². The minimum atomic E-state index is -0.372. The van der Waals surface area contributed by atoms with Gasteiger partial charge in [0.2, 0.25) is 0 Å². The van der Waals surface area contributed by atoms with Crippen LogP contribution in [0.4, 0.5) is 5.82 Å². The largest absolute Gasteiger partial charge is 0.326 e. The summed E-state index contributed by atoms with van der Waals surface area (Å²) in [6, 6.07) is 0. The summed E-state index contributed by atoms with van der Waals surface area (Å²) in [5.74, 6) is 1.94. The van der Waals surface area contributed by atoms with Gasteiger partial charge in [-0.05, 0) is 81.0 Å². The Morgan fingerprint density at radius 1 is 1.13 bits per heavy atom. The summed E-state index contributed by atoms with van der Waals surface area (Å²) in [5, 5.41) is 12.8. The van der Waals surface area contributed by atoms with Crippen LogP contribution in [0.5, 0.6) is 0 Å². The smallest absolute Gasteiger partial charge is 0.183 e. The van der Waals surface area contributed by atoms with Crippen molar-refractivity contribution in [3.63, 3.8) is 0 Å². The lowest BCUT2D eigenvalue weighted by Crippen LogP contribution is -2.52. The van der Waals surface area contributed by atoms with Gasteiger partial charge in [-0.1, -0.05) is 32.9 Å². The fraction of sp³-hybridized carbons (Fsp3) is 0.720. The van der Waals surface area contributed by atoms with E-state index in [1.165, 1.54) is 49.1 Å². The predicted octanol–water partition coefficient (Wildman–Crippen LogP) is 5.76. The summed E-state index contributed by atoms with van der Waals surface area (Å²) >= 11 is 0. The van der Waals surface area contributed by atoms with Gasteiger partial charge in [0.25, 0.3) is 0 Å². The molecule has 5 rings (SSSR count). The molecule has 31 heavy (non-hydrogen) atoms. The number of imidazole rings is 1. The van der Waals surface area contributed by atoms with Gasteiger partial charge in [0.1, 0.15) is 11.8 Å². The van der Waals surface area contributed by atoms with Crippen LogP contribution < -0.4 is 5.06 Å². The highest BCUT2D eigenvalue weighted by Crippen LogP contribution is 2.63. The number of aryl methyl sites for hydroxylation is 1. The van der Waals surface area contributed by atoms with Crippen molar-refractivity contribution in [1.29, 1.82) is 0 Å². The Kier molecular flexibility index (Phi) is 4.74. The summed E-state index contributed by atoms with van der Waals surface area (Å²) in [4.78, 5) is 13.1. The fourth-order valence-electron chi connectivity index (χ4n) is 7.10. The molecule has 0 aromatic carbocycles. The molecule has 2 aromatic heterocycles. The van der Waals surface area contributed by atoms with Gasteiger partial charge in [0.15, 0.2) is 11.5 Å². The van der Waals surface area contributed by atoms with E-state index in [-0.39, 0.29) is 16.4 Å². The van der Waals surface area contributed by atoms with Crippen molar-refractivity contribution in [2.45, 2.75) is 91.1 Å². The average molecular weight is 424 g/mol. The highest BCUT2D eigenvalue weighted by Gasteiger charge is 2.54. The topological polar surface area (TPSA) is 67.1 Å². The molecular formula is C25H37N5O. The zero-order valence-electron chi connectivity index (χ0n) is 19.6. The molecule has 5 atom stereocenters. The molecule has 2 aliphatic carbocycles. The summed E-state index contributed by atoms with van der Waals surface area (Å²) in [7, 11) is 0. The van der Waals surface area contributed by atoms with Gasteiger partial charge in [0, 0.05) is 6.54 Å². The summed E-state index contributed by atoms with van der Waals surface area (Å²) in [6.45, 7) is 15.0. The molecule has 3 heterocycles. The quantitative estimate of drug-likeness (QED) is 0.635. The molecule has 2 saturated carbocycles. The van der Waals surface area contributed by atoms with Gasteiger partial charge < -0.3 is 4.57 Å². The molecule has 0 amide bonds. The van der Waals surface area contributed by atoms with Gasteiger partial charge in [-0.3, -0.25) is 5.21 Å². The Bertz CT molecular complexity index is 1020. The van der Waals surface area contributed by atoms with Crippen LogP contribution in [-0.2, 0) is 6.54 Å². The van der Waals surface area contributed by atoms with E-state index in [2.05, 4.69) is 53.8 Å². The summed E-state index contributed by atoms with van der Waals surface area (Å²) in [6.07, 6.45) is 12.5.